The minimum Gasteiger partial charge on any atom is -0.394 e. The molecule has 1 aliphatic rings. The first-order chi connectivity index (χ1) is 10.5. The number of halogens is 1. The maximum Gasteiger partial charge on any atom is 0.312 e. The molecule has 0 aliphatic carbocycles. The van der Waals surface area contributed by atoms with Gasteiger partial charge >= 0.3 is 6.03 Å². The van der Waals surface area contributed by atoms with Gasteiger partial charge in [0.25, 0.3) is 0 Å². The third-order valence-corrected chi connectivity index (χ3v) is 3.80. The Morgan fingerprint density at radius 2 is 2.00 bits per heavy atom. The van der Waals surface area contributed by atoms with E-state index in [0.29, 0.717) is 31.2 Å². The van der Waals surface area contributed by atoms with Crippen molar-refractivity contribution < 1.29 is 14.7 Å². The normalized spacial score (nSPS) is 16.3. The van der Waals surface area contributed by atoms with Crippen LogP contribution in [0.15, 0.2) is 24.3 Å². The number of rotatable bonds is 4. The Morgan fingerprint density at radius 3 is 2.55 bits per heavy atom. The number of benzene rings is 1. The molecule has 1 unspecified atom stereocenters. The number of carbonyl (C=O) groups is 2. The number of carbonyl (C=O) groups excluding carboxylic acids is 2. The summed E-state index contributed by atoms with van der Waals surface area (Å²) in [5.74, 6) is -0.327. The largest absolute Gasteiger partial charge is 0.394 e. The van der Waals surface area contributed by atoms with Crippen LogP contribution in [0.4, 0.5) is 10.5 Å². The average Bonchev–Trinajstić information content (AvgIpc) is 2.52. The molecule has 22 heavy (non-hydrogen) atoms. The fourth-order valence-electron chi connectivity index (χ4n) is 2.44. The van der Waals surface area contributed by atoms with Crippen LogP contribution in [0.3, 0.4) is 0 Å². The highest BCUT2D eigenvalue weighted by Crippen LogP contribution is 2.20. The van der Waals surface area contributed by atoms with Gasteiger partial charge in [-0.1, -0.05) is 17.7 Å². The average molecular weight is 327 g/mol. The Kier molecular flexibility index (Phi) is 5.46. The van der Waals surface area contributed by atoms with Crippen LogP contribution in [0, 0.1) is 0 Å². The fourth-order valence-corrected chi connectivity index (χ4v) is 2.62. The second-order valence-corrected chi connectivity index (χ2v) is 5.47. The SMILES string of the molecule is NC(=O)NC(CO)C(=O)N1CCN(c2cccc(Cl)c2)CC1. The van der Waals surface area contributed by atoms with Gasteiger partial charge in [0.15, 0.2) is 0 Å². The summed E-state index contributed by atoms with van der Waals surface area (Å²) in [4.78, 5) is 26.8. The summed E-state index contributed by atoms with van der Waals surface area (Å²) in [6.07, 6.45) is 0. The van der Waals surface area contributed by atoms with Crippen molar-refractivity contribution in [2.45, 2.75) is 6.04 Å². The van der Waals surface area contributed by atoms with Gasteiger partial charge in [0, 0.05) is 36.9 Å². The fraction of sp³-hybridized carbons (Fsp3) is 0.429. The minimum atomic E-state index is -0.991. The summed E-state index contributed by atoms with van der Waals surface area (Å²) in [5, 5.41) is 12.1. The number of piperazine rings is 1. The molecule has 0 aromatic heterocycles. The molecule has 4 N–H and O–H groups in total. The molecule has 1 aliphatic heterocycles. The molecule has 1 saturated heterocycles. The number of hydrogen-bond donors (Lipinski definition) is 3. The van der Waals surface area contributed by atoms with E-state index < -0.39 is 18.7 Å². The maximum atomic E-state index is 12.2. The first-order valence-corrected chi connectivity index (χ1v) is 7.35. The van der Waals surface area contributed by atoms with Crippen molar-refractivity contribution in [1.82, 2.24) is 10.2 Å². The number of primary amides is 1. The van der Waals surface area contributed by atoms with Crippen LogP contribution in [-0.4, -0.2) is 60.8 Å². The van der Waals surface area contributed by atoms with E-state index >= 15 is 0 Å². The Balaban J connectivity index is 1.93. The van der Waals surface area contributed by atoms with Crippen LogP contribution in [0.2, 0.25) is 5.02 Å². The van der Waals surface area contributed by atoms with Gasteiger partial charge in [0.2, 0.25) is 5.91 Å². The quantitative estimate of drug-likeness (QED) is 0.726. The predicted octanol–water partition coefficient (Wildman–Crippen LogP) is 0.0178. The number of urea groups is 1. The summed E-state index contributed by atoms with van der Waals surface area (Å²) in [7, 11) is 0. The monoisotopic (exact) mass is 326 g/mol. The number of hydrogen-bond acceptors (Lipinski definition) is 4. The van der Waals surface area contributed by atoms with E-state index in [9.17, 15) is 14.7 Å². The van der Waals surface area contributed by atoms with Crippen molar-refractivity contribution in [3.05, 3.63) is 29.3 Å². The first kappa shape index (κ1) is 16.4. The van der Waals surface area contributed by atoms with Gasteiger partial charge in [-0.15, -0.1) is 0 Å². The number of nitrogens with zero attached hydrogens (tertiary/aromatic N) is 2. The summed E-state index contributed by atoms with van der Waals surface area (Å²) in [5.41, 5.74) is 6.00. The van der Waals surface area contributed by atoms with E-state index in [2.05, 4.69) is 10.2 Å². The summed E-state index contributed by atoms with van der Waals surface area (Å²) in [6, 6.07) is 5.72. The zero-order valence-electron chi connectivity index (χ0n) is 12.0. The molecule has 1 fully saturated rings. The van der Waals surface area contributed by atoms with E-state index in [1.165, 1.54) is 0 Å². The number of aliphatic hydroxyl groups is 1. The zero-order chi connectivity index (χ0) is 16.1. The molecule has 8 heteroatoms. The van der Waals surface area contributed by atoms with E-state index in [1.54, 1.807) is 4.90 Å². The highest BCUT2D eigenvalue weighted by molar-refractivity contribution is 6.30. The molecule has 1 atom stereocenters. The van der Waals surface area contributed by atoms with Gasteiger partial charge in [0.05, 0.1) is 6.61 Å². The van der Waals surface area contributed by atoms with Crippen molar-refractivity contribution in [1.29, 1.82) is 0 Å². The van der Waals surface area contributed by atoms with Crippen molar-refractivity contribution in [2.75, 3.05) is 37.7 Å². The Hall–Kier alpha value is -1.99. The second-order valence-electron chi connectivity index (χ2n) is 5.04. The highest BCUT2D eigenvalue weighted by Gasteiger charge is 2.27. The lowest BCUT2D eigenvalue weighted by Crippen LogP contribution is -2.56. The van der Waals surface area contributed by atoms with Gasteiger partial charge < -0.3 is 26.0 Å². The number of nitrogens with two attached hydrogens (primary N) is 1. The Morgan fingerprint density at radius 1 is 1.32 bits per heavy atom. The van der Waals surface area contributed by atoms with Gasteiger partial charge in [-0.05, 0) is 18.2 Å². The smallest absolute Gasteiger partial charge is 0.312 e. The zero-order valence-corrected chi connectivity index (χ0v) is 12.8. The number of nitrogens with one attached hydrogen (secondary N) is 1. The van der Waals surface area contributed by atoms with Crippen LogP contribution in [0.1, 0.15) is 0 Å². The van der Waals surface area contributed by atoms with E-state index in [0.717, 1.165) is 5.69 Å². The van der Waals surface area contributed by atoms with Crippen molar-refractivity contribution in [2.24, 2.45) is 5.73 Å². The molecule has 0 saturated carbocycles. The Bertz CT molecular complexity index is 547. The molecule has 1 heterocycles. The molecular formula is C14H19ClN4O3. The van der Waals surface area contributed by atoms with Gasteiger partial charge in [-0.2, -0.15) is 0 Å². The van der Waals surface area contributed by atoms with Crippen LogP contribution in [0.5, 0.6) is 0 Å². The number of amides is 3. The van der Waals surface area contributed by atoms with Crippen LogP contribution in [-0.2, 0) is 4.79 Å². The summed E-state index contributed by atoms with van der Waals surface area (Å²) in [6.45, 7) is 1.84. The summed E-state index contributed by atoms with van der Waals surface area (Å²) >= 11 is 5.98. The van der Waals surface area contributed by atoms with Gasteiger partial charge in [-0.25, -0.2) is 4.79 Å². The molecule has 0 bridgehead atoms. The second kappa shape index (κ2) is 7.33. The molecule has 2 rings (SSSR count). The molecule has 0 spiro atoms. The highest BCUT2D eigenvalue weighted by atomic mass is 35.5. The molecule has 0 radical (unpaired) electrons. The van der Waals surface area contributed by atoms with Crippen molar-refractivity contribution >= 4 is 29.2 Å². The third-order valence-electron chi connectivity index (χ3n) is 3.56. The first-order valence-electron chi connectivity index (χ1n) is 6.97. The molecule has 120 valence electrons. The lowest BCUT2D eigenvalue weighted by molar-refractivity contribution is -0.134. The summed E-state index contributed by atoms with van der Waals surface area (Å²) < 4.78 is 0. The lowest BCUT2D eigenvalue weighted by atomic mass is 10.2. The molecule has 1 aromatic carbocycles. The number of anilines is 1. The maximum absolute atomic E-state index is 12.2. The van der Waals surface area contributed by atoms with Crippen molar-refractivity contribution in [3.63, 3.8) is 0 Å². The molecule has 3 amide bonds. The Labute approximate surface area is 133 Å². The molecular weight excluding hydrogens is 308 g/mol. The number of aliphatic hydroxyl groups excluding tert-OH is 1. The van der Waals surface area contributed by atoms with E-state index in [1.807, 2.05) is 24.3 Å². The van der Waals surface area contributed by atoms with Crippen molar-refractivity contribution in [3.8, 4) is 0 Å². The van der Waals surface area contributed by atoms with Gasteiger partial charge in [0.1, 0.15) is 6.04 Å². The third kappa shape index (κ3) is 4.02. The standard InChI is InChI=1S/C14H19ClN4O3/c15-10-2-1-3-11(8-10)18-4-6-19(7-5-18)13(21)12(9-20)17-14(16)22/h1-3,8,12,20H,4-7,9H2,(H3,16,17,22). The van der Waals surface area contributed by atoms with Crippen LogP contribution in [0.25, 0.3) is 0 Å². The predicted molar refractivity (Wildman–Crippen MR) is 83.8 cm³/mol. The molecule has 7 nitrogen and oxygen atoms in total. The van der Waals surface area contributed by atoms with Crippen LogP contribution >= 0.6 is 11.6 Å². The molecule has 1 aromatic rings. The van der Waals surface area contributed by atoms with Gasteiger partial charge in [-0.3, -0.25) is 4.79 Å². The van der Waals surface area contributed by atoms with E-state index in [-0.39, 0.29) is 5.91 Å². The topological polar surface area (TPSA) is 98.9 Å². The minimum absolute atomic E-state index is 0.327. The van der Waals surface area contributed by atoms with E-state index in [4.69, 9.17) is 17.3 Å². The van der Waals surface area contributed by atoms with Crippen LogP contribution < -0.4 is 16.0 Å². The lowest BCUT2D eigenvalue weighted by Gasteiger charge is -2.37.